The average Bonchev–Trinajstić information content (AvgIpc) is 3.15. The lowest BCUT2D eigenvalue weighted by atomic mass is 10.1. The van der Waals surface area contributed by atoms with Crippen molar-refractivity contribution in [3.8, 4) is 0 Å². The van der Waals surface area contributed by atoms with E-state index in [0.717, 1.165) is 17.2 Å². The van der Waals surface area contributed by atoms with Crippen LogP contribution in [0.3, 0.4) is 0 Å². The lowest BCUT2D eigenvalue weighted by molar-refractivity contribution is -0.141. The number of alkyl halides is 3. The van der Waals surface area contributed by atoms with Gasteiger partial charge in [-0.2, -0.15) is 13.2 Å². The maximum absolute atomic E-state index is 13.3. The number of rotatable bonds is 5. The predicted molar refractivity (Wildman–Crippen MR) is 125 cm³/mol. The van der Waals surface area contributed by atoms with Crippen molar-refractivity contribution in [1.29, 1.82) is 0 Å². The summed E-state index contributed by atoms with van der Waals surface area (Å²) in [6, 6.07) is 14.7. The Hall–Kier alpha value is -3.92. The number of nitrogens with one attached hydrogen (secondary N) is 1. The summed E-state index contributed by atoms with van der Waals surface area (Å²) >= 11 is 0. The van der Waals surface area contributed by atoms with Gasteiger partial charge in [0.05, 0.1) is 18.0 Å². The molecule has 1 amide bonds. The number of aryl methyl sites for hydroxylation is 1. The van der Waals surface area contributed by atoms with Crippen LogP contribution in [0.5, 0.6) is 0 Å². The summed E-state index contributed by atoms with van der Waals surface area (Å²) < 4.78 is 41.5. The molecule has 7 nitrogen and oxygen atoms in total. The van der Waals surface area contributed by atoms with E-state index in [0.29, 0.717) is 30.0 Å². The Balaban J connectivity index is 1.48. The van der Waals surface area contributed by atoms with Crippen molar-refractivity contribution < 1.29 is 23.1 Å². The van der Waals surface area contributed by atoms with Crippen LogP contribution >= 0.6 is 0 Å². The molecule has 0 bridgehead atoms. The number of aliphatic hydroxyl groups excluding tert-OH is 1. The van der Waals surface area contributed by atoms with E-state index in [1.165, 1.54) is 22.9 Å². The Morgan fingerprint density at radius 3 is 2.60 bits per heavy atom. The van der Waals surface area contributed by atoms with Gasteiger partial charge in [-0.1, -0.05) is 29.8 Å². The molecule has 4 aromatic rings. The van der Waals surface area contributed by atoms with Crippen LogP contribution in [0.25, 0.3) is 11.0 Å². The molecule has 1 aliphatic heterocycles. The highest BCUT2D eigenvalue weighted by Crippen LogP contribution is 2.30. The van der Waals surface area contributed by atoms with Gasteiger partial charge in [0, 0.05) is 25.0 Å². The van der Waals surface area contributed by atoms with Gasteiger partial charge in [-0.15, -0.1) is 0 Å². The molecule has 5 rings (SSSR count). The van der Waals surface area contributed by atoms with Gasteiger partial charge in [-0.05, 0) is 42.8 Å². The summed E-state index contributed by atoms with van der Waals surface area (Å²) in [5, 5.41) is 12.7. The van der Waals surface area contributed by atoms with Crippen LogP contribution < -0.4 is 10.2 Å². The van der Waals surface area contributed by atoms with Gasteiger partial charge >= 0.3 is 6.18 Å². The third-order valence-corrected chi connectivity index (χ3v) is 5.88. The Morgan fingerprint density at radius 2 is 1.94 bits per heavy atom. The molecule has 0 unspecified atom stereocenters. The second-order valence-electron chi connectivity index (χ2n) is 8.63. The number of hydrogen-bond donors (Lipinski definition) is 2. The molecule has 0 radical (unpaired) electrons. The molecule has 3 aromatic heterocycles. The second kappa shape index (κ2) is 8.70. The average molecular weight is 481 g/mol. The number of β-amino-alcohol motifs (C(OH)–C–C–N with tert-alkyl or cyclic N) is 1. The van der Waals surface area contributed by atoms with E-state index in [1.54, 1.807) is 12.1 Å². The van der Waals surface area contributed by atoms with E-state index >= 15 is 0 Å². The highest BCUT2D eigenvalue weighted by molar-refractivity contribution is 6.06. The molecule has 4 heterocycles. The van der Waals surface area contributed by atoms with E-state index in [2.05, 4.69) is 15.3 Å². The summed E-state index contributed by atoms with van der Waals surface area (Å²) in [5.41, 5.74) is 1.51. The summed E-state index contributed by atoms with van der Waals surface area (Å²) in [7, 11) is 0. The van der Waals surface area contributed by atoms with Gasteiger partial charge in [0.15, 0.2) is 0 Å². The van der Waals surface area contributed by atoms with Gasteiger partial charge in [-0.25, -0.2) is 9.97 Å². The smallest absolute Gasteiger partial charge is 0.389 e. The molecule has 1 aromatic carbocycles. The number of halogens is 3. The lowest BCUT2D eigenvalue weighted by Crippen LogP contribution is -2.51. The largest absolute Gasteiger partial charge is 0.433 e. The zero-order valence-electron chi connectivity index (χ0n) is 18.8. The van der Waals surface area contributed by atoms with Gasteiger partial charge in [0.25, 0.3) is 5.91 Å². The number of anilines is 2. The normalized spacial score (nSPS) is 14.3. The number of hydrogen-bond acceptors (Lipinski definition) is 5. The van der Waals surface area contributed by atoms with Crippen LogP contribution in [0.2, 0.25) is 0 Å². The number of amides is 1. The Bertz CT molecular complexity index is 1390. The van der Waals surface area contributed by atoms with Gasteiger partial charge < -0.3 is 19.9 Å². The molecule has 0 aliphatic carbocycles. The van der Waals surface area contributed by atoms with Crippen molar-refractivity contribution in [1.82, 2.24) is 14.5 Å². The third kappa shape index (κ3) is 4.69. The van der Waals surface area contributed by atoms with Crippen molar-refractivity contribution in [2.24, 2.45) is 0 Å². The first-order chi connectivity index (χ1) is 16.7. The number of benzene rings is 1. The van der Waals surface area contributed by atoms with Crippen LogP contribution in [0.1, 0.15) is 27.3 Å². The molecule has 1 fully saturated rings. The SMILES string of the molecule is Cc1cccc(Cn2c(C(=O)Nc3ccc(N4CC(O)C4)nc3)cc3ccc(C(F)(F)F)nc32)c1. The fourth-order valence-electron chi connectivity index (χ4n) is 4.11. The minimum Gasteiger partial charge on any atom is -0.389 e. The summed E-state index contributed by atoms with van der Waals surface area (Å²) in [5.74, 6) is 0.198. The van der Waals surface area contributed by atoms with E-state index in [1.807, 2.05) is 36.1 Å². The molecule has 0 atom stereocenters. The van der Waals surface area contributed by atoms with Crippen LogP contribution in [-0.2, 0) is 12.7 Å². The number of nitrogens with zero attached hydrogens (tertiary/aromatic N) is 4. The molecule has 180 valence electrons. The highest BCUT2D eigenvalue weighted by Gasteiger charge is 2.33. The number of aromatic nitrogens is 3. The zero-order valence-corrected chi connectivity index (χ0v) is 18.8. The Labute approximate surface area is 198 Å². The number of fused-ring (bicyclic) bond motifs is 1. The van der Waals surface area contributed by atoms with Crippen molar-refractivity contribution in [2.75, 3.05) is 23.3 Å². The van der Waals surface area contributed by atoms with Gasteiger partial charge in [-0.3, -0.25) is 4.79 Å². The van der Waals surface area contributed by atoms with E-state index in [-0.39, 0.29) is 24.0 Å². The van der Waals surface area contributed by atoms with Crippen molar-refractivity contribution >= 4 is 28.4 Å². The van der Waals surface area contributed by atoms with Crippen LogP contribution in [0.4, 0.5) is 24.7 Å². The first kappa shape index (κ1) is 22.9. The zero-order chi connectivity index (χ0) is 24.7. The molecule has 1 saturated heterocycles. The third-order valence-electron chi connectivity index (χ3n) is 5.88. The minimum atomic E-state index is -4.60. The second-order valence-corrected chi connectivity index (χ2v) is 8.63. The van der Waals surface area contributed by atoms with Crippen LogP contribution in [0.15, 0.2) is 60.8 Å². The van der Waals surface area contributed by atoms with E-state index in [4.69, 9.17) is 0 Å². The number of aliphatic hydroxyl groups is 1. The van der Waals surface area contributed by atoms with Crippen molar-refractivity contribution in [3.63, 3.8) is 0 Å². The molecule has 0 spiro atoms. The standard InChI is InChI=1S/C25H22F3N5O2/c1-15-3-2-4-16(9-15)12-33-20(10-17-5-7-21(25(26,27)28)31-23(17)33)24(35)30-18-6-8-22(29-11-18)32-13-19(34)14-32/h2-11,19,34H,12-14H2,1H3,(H,30,35). The number of carbonyl (C=O) groups is 1. The molecule has 2 N–H and O–H groups in total. The van der Waals surface area contributed by atoms with Crippen LogP contribution in [-0.4, -0.2) is 44.7 Å². The molecule has 35 heavy (non-hydrogen) atoms. The quantitative estimate of drug-likeness (QED) is 0.446. The fourth-order valence-corrected chi connectivity index (χ4v) is 4.11. The first-order valence-electron chi connectivity index (χ1n) is 11.0. The predicted octanol–water partition coefficient (Wildman–Crippen LogP) is 4.24. The molecule has 0 saturated carbocycles. The first-order valence-corrected chi connectivity index (χ1v) is 11.0. The number of pyridine rings is 2. The highest BCUT2D eigenvalue weighted by atomic mass is 19.4. The summed E-state index contributed by atoms with van der Waals surface area (Å²) in [6.45, 7) is 3.11. The maximum atomic E-state index is 13.3. The Morgan fingerprint density at radius 1 is 1.14 bits per heavy atom. The molecule has 1 aliphatic rings. The topological polar surface area (TPSA) is 83.3 Å². The monoisotopic (exact) mass is 481 g/mol. The maximum Gasteiger partial charge on any atom is 0.433 e. The van der Waals surface area contributed by atoms with Crippen molar-refractivity contribution in [3.05, 3.63) is 83.3 Å². The minimum absolute atomic E-state index is 0.0799. The van der Waals surface area contributed by atoms with Crippen LogP contribution in [0, 0.1) is 6.92 Å². The summed E-state index contributed by atoms with van der Waals surface area (Å²) in [6.07, 6.45) is -3.46. The fraction of sp³-hybridized carbons (Fsp3) is 0.240. The van der Waals surface area contributed by atoms with E-state index in [9.17, 15) is 23.1 Å². The summed E-state index contributed by atoms with van der Waals surface area (Å²) in [4.78, 5) is 23.3. The molecular formula is C25H22F3N5O2. The molecule has 10 heteroatoms. The Kier molecular flexibility index (Phi) is 5.68. The molecular weight excluding hydrogens is 459 g/mol. The lowest BCUT2D eigenvalue weighted by Gasteiger charge is -2.36. The van der Waals surface area contributed by atoms with Crippen molar-refractivity contribution in [2.45, 2.75) is 25.7 Å². The van der Waals surface area contributed by atoms with Gasteiger partial charge in [0.1, 0.15) is 22.9 Å². The van der Waals surface area contributed by atoms with E-state index < -0.39 is 17.8 Å². The van der Waals surface area contributed by atoms with Gasteiger partial charge in [0.2, 0.25) is 0 Å². The number of carbonyl (C=O) groups excluding carboxylic acids is 1.